The topological polar surface area (TPSA) is 94.6 Å². The molecule has 0 saturated carbocycles. The molecule has 0 bridgehead atoms. The number of nitrogens with zero attached hydrogens (tertiary/aromatic N) is 2. The summed E-state index contributed by atoms with van der Waals surface area (Å²) in [4.78, 5) is 15.1. The van der Waals surface area contributed by atoms with E-state index in [1.54, 1.807) is 56.5 Å². The number of benzene rings is 2. The number of ether oxygens (including phenoxy) is 4. The molecule has 0 aliphatic carbocycles. The second-order valence-electron chi connectivity index (χ2n) is 9.56. The lowest BCUT2D eigenvalue weighted by molar-refractivity contribution is 0.0339. The molecular weight excluding hydrogens is 496 g/mol. The summed E-state index contributed by atoms with van der Waals surface area (Å²) < 4.78 is 50.3. The predicted molar refractivity (Wildman–Crippen MR) is 140 cm³/mol. The molecule has 0 N–H and O–H groups in total. The van der Waals surface area contributed by atoms with Crippen LogP contribution in [0.1, 0.15) is 34.3 Å². The third-order valence-corrected chi connectivity index (χ3v) is 9.03. The summed E-state index contributed by atoms with van der Waals surface area (Å²) in [5, 5.41) is 0. The minimum Gasteiger partial charge on any atom is -0.496 e. The van der Waals surface area contributed by atoms with E-state index in [0.29, 0.717) is 61.8 Å². The van der Waals surface area contributed by atoms with E-state index in [1.165, 1.54) is 4.31 Å². The van der Waals surface area contributed by atoms with Crippen molar-refractivity contribution in [2.75, 3.05) is 47.6 Å². The fourth-order valence-electron chi connectivity index (χ4n) is 4.96. The van der Waals surface area contributed by atoms with Crippen LogP contribution in [0.5, 0.6) is 11.5 Å². The van der Waals surface area contributed by atoms with E-state index in [0.717, 1.165) is 5.56 Å². The zero-order valence-corrected chi connectivity index (χ0v) is 22.7. The van der Waals surface area contributed by atoms with Gasteiger partial charge in [0.2, 0.25) is 10.0 Å². The van der Waals surface area contributed by atoms with Crippen molar-refractivity contribution in [1.29, 1.82) is 0 Å². The van der Waals surface area contributed by atoms with Crippen LogP contribution in [0.25, 0.3) is 0 Å². The quantitative estimate of drug-likeness (QED) is 0.490. The van der Waals surface area contributed by atoms with Crippen molar-refractivity contribution in [1.82, 2.24) is 9.21 Å². The van der Waals surface area contributed by atoms with Gasteiger partial charge in [-0.25, -0.2) is 12.7 Å². The highest BCUT2D eigenvalue weighted by molar-refractivity contribution is 7.88. The van der Waals surface area contributed by atoms with Gasteiger partial charge < -0.3 is 23.8 Å². The van der Waals surface area contributed by atoms with Gasteiger partial charge >= 0.3 is 0 Å². The van der Waals surface area contributed by atoms with Crippen molar-refractivity contribution in [3.8, 4) is 11.5 Å². The van der Waals surface area contributed by atoms with E-state index in [9.17, 15) is 13.2 Å². The number of amides is 1. The van der Waals surface area contributed by atoms with E-state index in [2.05, 4.69) is 0 Å². The molecule has 2 aromatic rings. The van der Waals surface area contributed by atoms with Gasteiger partial charge in [-0.2, -0.15) is 0 Å². The Labute approximate surface area is 219 Å². The van der Waals surface area contributed by atoms with Gasteiger partial charge in [0, 0.05) is 33.4 Å². The van der Waals surface area contributed by atoms with Crippen LogP contribution in [-0.4, -0.2) is 89.4 Å². The summed E-state index contributed by atoms with van der Waals surface area (Å²) >= 11 is 0. The highest BCUT2D eigenvalue weighted by Gasteiger charge is 2.38. The molecule has 4 rings (SSSR count). The molecule has 10 heteroatoms. The third kappa shape index (κ3) is 6.26. The average Bonchev–Trinajstić information content (AvgIpc) is 3.30. The first-order valence-corrected chi connectivity index (χ1v) is 14.1. The second kappa shape index (κ2) is 11.8. The molecule has 2 aromatic carbocycles. The Morgan fingerprint density at radius 1 is 1.08 bits per heavy atom. The normalized spacial score (nSPS) is 20.8. The maximum absolute atomic E-state index is 13.4. The van der Waals surface area contributed by atoms with Crippen LogP contribution in [0, 0.1) is 6.92 Å². The maximum Gasteiger partial charge on any atom is 0.258 e. The van der Waals surface area contributed by atoms with Gasteiger partial charge in [0.25, 0.3) is 5.91 Å². The minimum absolute atomic E-state index is 0.0467. The smallest absolute Gasteiger partial charge is 0.258 e. The first-order valence-electron chi connectivity index (χ1n) is 12.5. The van der Waals surface area contributed by atoms with Crippen molar-refractivity contribution in [2.24, 2.45) is 0 Å². The molecule has 0 aromatic heterocycles. The summed E-state index contributed by atoms with van der Waals surface area (Å²) in [6.07, 6.45) is 0.664. The Bertz CT molecular complexity index is 1200. The molecule has 2 saturated heterocycles. The standard InChI is InChI=1S/C27H36N2O7S/c1-19-7-5-10-23(33-3)26(19)27(30)29-16-24(34-4)25(17-29)36-22-9-6-8-20(15-22)18-37(31,32)28(2)21-11-13-35-14-12-21/h5-10,15,21,24-25H,11-14,16-18H2,1-4H3. The van der Waals surface area contributed by atoms with Gasteiger partial charge in [-0.05, 0) is 49.1 Å². The predicted octanol–water partition coefficient (Wildman–Crippen LogP) is 2.86. The van der Waals surface area contributed by atoms with Crippen molar-refractivity contribution < 1.29 is 32.2 Å². The zero-order chi connectivity index (χ0) is 26.6. The Hall–Kier alpha value is -2.66. The van der Waals surface area contributed by atoms with Crippen molar-refractivity contribution in [3.05, 3.63) is 59.2 Å². The van der Waals surface area contributed by atoms with Crippen LogP contribution < -0.4 is 9.47 Å². The molecule has 2 unspecified atom stereocenters. The van der Waals surface area contributed by atoms with E-state index >= 15 is 0 Å². The Balaban J connectivity index is 1.45. The summed E-state index contributed by atoms with van der Waals surface area (Å²) in [5.74, 6) is 0.812. The van der Waals surface area contributed by atoms with Crippen LogP contribution in [-0.2, 0) is 25.2 Å². The molecule has 9 nitrogen and oxygen atoms in total. The first kappa shape index (κ1) is 27.4. The van der Waals surface area contributed by atoms with Crippen molar-refractivity contribution in [3.63, 3.8) is 0 Å². The average molecular weight is 533 g/mol. The lowest BCUT2D eigenvalue weighted by atomic mass is 10.1. The number of methoxy groups -OCH3 is 2. The van der Waals surface area contributed by atoms with Crippen LogP contribution in [0.2, 0.25) is 0 Å². The zero-order valence-electron chi connectivity index (χ0n) is 21.9. The van der Waals surface area contributed by atoms with Gasteiger partial charge in [0.1, 0.15) is 23.7 Å². The molecule has 0 radical (unpaired) electrons. The van der Waals surface area contributed by atoms with Crippen molar-refractivity contribution in [2.45, 2.75) is 43.8 Å². The number of carbonyl (C=O) groups excluding carboxylic acids is 1. The van der Waals surface area contributed by atoms with Crippen LogP contribution in [0.15, 0.2) is 42.5 Å². The summed E-state index contributed by atoms with van der Waals surface area (Å²) in [6, 6.07) is 12.6. The van der Waals surface area contributed by atoms with E-state index < -0.39 is 16.1 Å². The van der Waals surface area contributed by atoms with Crippen LogP contribution in [0.3, 0.4) is 0 Å². The minimum atomic E-state index is -3.50. The van der Waals surface area contributed by atoms with Gasteiger partial charge in [0.15, 0.2) is 0 Å². The van der Waals surface area contributed by atoms with Gasteiger partial charge in [-0.15, -0.1) is 0 Å². The molecule has 2 fully saturated rings. The molecule has 2 aliphatic heterocycles. The fourth-order valence-corrected chi connectivity index (χ4v) is 6.43. The molecule has 0 spiro atoms. The maximum atomic E-state index is 13.4. The van der Waals surface area contributed by atoms with E-state index in [-0.39, 0.29) is 23.8 Å². The van der Waals surface area contributed by atoms with Gasteiger partial charge in [-0.1, -0.05) is 24.3 Å². The fraction of sp³-hybridized carbons (Fsp3) is 0.519. The molecule has 2 atom stereocenters. The number of hydrogen-bond donors (Lipinski definition) is 0. The Morgan fingerprint density at radius 2 is 1.78 bits per heavy atom. The van der Waals surface area contributed by atoms with E-state index in [4.69, 9.17) is 18.9 Å². The monoisotopic (exact) mass is 532 g/mol. The number of carbonyl (C=O) groups is 1. The summed E-state index contributed by atoms with van der Waals surface area (Å²) in [5.41, 5.74) is 2.00. The Kier molecular flexibility index (Phi) is 8.74. The second-order valence-corrected chi connectivity index (χ2v) is 11.6. The molecule has 1 amide bonds. The highest BCUT2D eigenvalue weighted by atomic mass is 32.2. The summed E-state index contributed by atoms with van der Waals surface area (Å²) in [7, 11) is 1.29. The number of sulfonamides is 1. The molecule has 37 heavy (non-hydrogen) atoms. The Morgan fingerprint density at radius 3 is 2.49 bits per heavy atom. The first-order chi connectivity index (χ1) is 17.7. The van der Waals surface area contributed by atoms with Crippen LogP contribution in [0.4, 0.5) is 0 Å². The van der Waals surface area contributed by atoms with Crippen molar-refractivity contribution >= 4 is 15.9 Å². The number of hydrogen-bond acceptors (Lipinski definition) is 7. The molecule has 202 valence electrons. The highest BCUT2D eigenvalue weighted by Crippen LogP contribution is 2.28. The number of likely N-dealkylation sites (tertiary alicyclic amines) is 1. The van der Waals surface area contributed by atoms with Gasteiger partial charge in [0.05, 0.1) is 31.5 Å². The third-order valence-electron chi connectivity index (χ3n) is 7.15. The lowest BCUT2D eigenvalue weighted by Crippen LogP contribution is -2.41. The summed E-state index contributed by atoms with van der Waals surface area (Å²) in [6.45, 7) is 3.75. The molecule has 2 aliphatic rings. The largest absolute Gasteiger partial charge is 0.496 e. The molecular formula is C27H36N2O7S. The lowest BCUT2D eigenvalue weighted by Gasteiger charge is -2.30. The van der Waals surface area contributed by atoms with Gasteiger partial charge in [-0.3, -0.25) is 4.79 Å². The SMILES string of the molecule is COc1cccc(C)c1C(=O)N1CC(OC)C(Oc2cccc(CS(=O)(=O)N(C)C3CCOCC3)c2)C1. The van der Waals surface area contributed by atoms with Crippen LogP contribution >= 0.6 is 0 Å². The number of aryl methyl sites for hydroxylation is 1. The molecule has 2 heterocycles. The number of rotatable bonds is 9. The van der Waals surface area contributed by atoms with E-state index in [1.807, 2.05) is 19.1 Å².